The molecule has 4 heteroatoms. The zero-order valence-electron chi connectivity index (χ0n) is 7.59. The van der Waals surface area contributed by atoms with Gasteiger partial charge in [0, 0.05) is 5.56 Å². The number of hydrogen-bond acceptors (Lipinski definition) is 1. The number of aromatic amines is 1. The van der Waals surface area contributed by atoms with E-state index in [0.29, 0.717) is 11.0 Å². The van der Waals surface area contributed by atoms with Crippen molar-refractivity contribution in [1.82, 2.24) is 9.97 Å². The van der Waals surface area contributed by atoms with E-state index in [1.54, 1.807) is 0 Å². The van der Waals surface area contributed by atoms with Gasteiger partial charge in [-0.3, -0.25) is 0 Å². The summed E-state index contributed by atoms with van der Waals surface area (Å²) in [7, 11) is 0. The quantitative estimate of drug-likeness (QED) is 0.700. The summed E-state index contributed by atoms with van der Waals surface area (Å²) in [4.78, 5) is 6.69. The number of hydrogen-bond donors (Lipinski definition) is 1. The molecule has 2 aromatic rings. The number of rotatable bonds is 0. The Morgan fingerprint density at radius 2 is 1.80 bits per heavy atom. The fourth-order valence-corrected chi connectivity index (χ4v) is 1.31. The highest BCUT2D eigenvalue weighted by Gasteiger charge is 2.02. The molecule has 0 unspecified atom stereocenters. The number of nitrogens with one attached hydrogen (secondary N) is 1. The van der Waals surface area contributed by atoms with E-state index in [9.17, 15) is 0 Å². The Labute approximate surface area is 97.3 Å². The fraction of sp³-hybridized carbons (Fsp3) is 0. The summed E-state index contributed by atoms with van der Waals surface area (Å²) in [6.07, 6.45) is 0. The number of imidazole rings is 1. The van der Waals surface area contributed by atoms with Crippen LogP contribution in [0.3, 0.4) is 0 Å². The zero-order valence-corrected chi connectivity index (χ0v) is 9.10. The first-order valence-electron chi connectivity index (χ1n) is 4.24. The molecule has 74 valence electrons. The molecule has 2 rings (SSSR count). The maximum atomic E-state index is 5.69. The molecule has 15 heavy (non-hydrogen) atoms. The summed E-state index contributed by atoms with van der Waals surface area (Å²) in [5.74, 6) is 6.24. The van der Waals surface area contributed by atoms with Crippen molar-refractivity contribution in [3.63, 3.8) is 0 Å². The molecule has 0 saturated heterocycles. The van der Waals surface area contributed by atoms with Crippen LogP contribution in [0.25, 0.3) is 0 Å². The molecule has 0 aliphatic rings. The smallest absolute Gasteiger partial charge is 0.185 e. The summed E-state index contributed by atoms with van der Waals surface area (Å²) in [6.45, 7) is 0. The van der Waals surface area contributed by atoms with Gasteiger partial charge < -0.3 is 4.98 Å². The molecule has 0 aliphatic heterocycles. The van der Waals surface area contributed by atoms with E-state index in [-0.39, 0.29) is 5.15 Å². The molecule has 1 N–H and O–H groups in total. The summed E-state index contributed by atoms with van der Waals surface area (Å²) >= 11 is 11.4. The van der Waals surface area contributed by atoms with Crippen molar-refractivity contribution in [2.75, 3.05) is 0 Å². The molecular formula is C11H6Cl2N2. The summed E-state index contributed by atoms with van der Waals surface area (Å²) in [5.41, 5.74) is 0.918. The lowest BCUT2D eigenvalue weighted by Gasteiger charge is -1.85. The topological polar surface area (TPSA) is 28.7 Å². The third-order valence-electron chi connectivity index (χ3n) is 1.72. The largest absolute Gasteiger partial charge is 0.321 e. The average Bonchev–Trinajstić information content (AvgIpc) is 2.57. The van der Waals surface area contributed by atoms with Crippen molar-refractivity contribution >= 4 is 23.2 Å². The van der Waals surface area contributed by atoms with Gasteiger partial charge in [0.2, 0.25) is 0 Å². The second-order valence-electron chi connectivity index (χ2n) is 2.81. The van der Waals surface area contributed by atoms with Gasteiger partial charge in [0.15, 0.2) is 11.0 Å². The number of aromatic nitrogens is 2. The Morgan fingerprint density at radius 3 is 2.40 bits per heavy atom. The van der Waals surface area contributed by atoms with Crippen molar-refractivity contribution in [3.8, 4) is 11.8 Å². The van der Waals surface area contributed by atoms with E-state index in [1.807, 2.05) is 30.3 Å². The first-order chi connectivity index (χ1) is 7.25. The van der Waals surface area contributed by atoms with E-state index < -0.39 is 0 Å². The monoisotopic (exact) mass is 236 g/mol. The van der Waals surface area contributed by atoms with Crippen LogP contribution >= 0.6 is 23.2 Å². The minimum Gasteiger partial charge on any atom is -0.321 e. The number of nitrogens with zero attached hydrogens (tertiary/aromatic N) is 1. The second kappa shape index (κ2) is 4.39. The van der Waals surface area contributed by atoms with Crippen molar-refractivity contribution in [3.05, 3.63) is 52.0 Å². The molecular weight excluding hydrogens is 231 g/mol. The predicted octanol–water partition coefficient (Wildman–Crippen LogP) is 3.12. The molecule has 0 saturated carbocycles. The van der Waals surface area contributed by atoms with Crippen LogP contribution in [0.1, 0.15) is 11.4 Å². The molecule has 0 bridgehead atoms. The number of halogens is 2. The van der Waals surface area contributed by atoms with E-state index in [1.165, 1.54) is 0 Å². The van der Waals surface area contributed by atoms with Gasteiger partial charge in [0.05, 0.1) is 0 Å². The fourth-order valence-electron chi connectivity index (χ4n) is 1.04. The molecule has 0 aliphatic carbocycles. The average molecular weight is 237 g/mol. The Bertz CT molecular complexity index is 501. The highest BCUT2D eigenvalue weighted by Crippen LogP contribution is 2.17. The number of H-pyrrole nitrogens is 1. The van der Waals surface area contributed by atoms with E-state index >= 15 is 0 Å². The van der Waals surface area contributed by atoms with Crippen LogP contribution in [0.5, 0.6) is 0 Å². The molecule has 2 nitrogen and oxygen atoms in total. The van der Waals surface area contributed by atoms with Crippen molar-refractivity contribution in [2.24, 2.45) is 0 Å². The molecule has 0 radical (unpaired) electrons. The van der Waals surface area contributed by atoms with E-state index in [4.69, 9.17) is 23.2 Å². The summed E-state index contributed by atoms with van der Waals surface area (Å²) in [6, 6.07) is 9.61. The molecule has 0 atom stereocenters. The maximum Gasteiger partial charge on any atom is 0.185 e. The van der Waals surface area contributed by atoms with Crippen LogP contribution in [0, 0.1) is 11.8 Å². The first kappa shape index (κ1) is 10.1. The highest BCUT2D eigenvalue weighted by atomic mass is 35.5. The zero-order chi connectivity index (χ0) is 10.7. The Morgan fingerprint density at radius 1 is 1.07 bits per heavy atom. The van der Waals surface area contributed by atoms with Crippen molar-refractivity contribution in [1.29, 1.82) is 0 Å². The normalized spacial score (nSPS) is 9.47. The predicted molar refractivity (Wildman–Crippen MR) is 61.0 cm³/mol. The first-order valence-corrected chi connectivity index (χ1v) is 4.99. The minimum absolute atomic E-state index is 0.244. The van der Waals surface area contributed by atoms with Gasteiger partial charge in [-0.2, -0.15) is 0 Å². The van der Waals surface area contributed by atoms with Crippen LogP contribution < -0.4 is 0 Å². The van der Waals surface area contributed by atoms with Crippen LogP contribution in [-0.4, -0.2) is 9.97 Å². The van der Waals surface area contributed by atoms with Gasteiger partial charge in [-0.1, -0.05) is 47.3 Å². The maximum absolute atomic E-state index is 5.69. The van der Waals surface area contributed by atoms with Crippen LogP contribution in [0.2, 0.25) is 10.3 Å². The van der Waals surface area contributed by atoms with Crippen LogP contribution in [0.4, 0.5) is 0 Å². The summed E-state index contributed by atoms with van der Waals surface area (Å²) < 4.78 is 0. The highest BCUT2D eigenvalue weighted by molar-refractivity contribution is 6.40. The molecule has 0 spiro atoms. The van der Waals surface area contributed by atoms with Crippen LogP contribution in [-0.2, 0) is 0 Å². The third-order valence-corrected chi connectivity index (χ3v) is 2.36. The minimum atomic E-state index is 0.244. The van der Waals surface area contributed by atoms with Gasteiger partial charge in [-0.05, 0) is 18.1 Å². The molecule has 0 fully saturated rings. The SMILES string of the molecule is Clc1nc(C#Cc2ccccc2)[nH]c1Cl. The Kier molecular flexibility index (Phi) is 2.96. The van der Waals surface area contributed by atoms with Gasteiger partial charge in [0.1, 0.15) is 5.15 Å². The van der Waals surface area contributed by atoms with E-state index in [2.05, 4.69) is 21.8 Å². The molecule has 1 aromatic heterocycles. The Balaban J connectivity index is 2.26. The lowest BCUT2D eigenvalue weighted by Crippen LogP contribution is -1.77. The molecule has 0 amide bonds. The van der Waals surface area contributed by atoms with Crippen LogP contribution in [0.15, 0.2) is 30.3 Å². The second-order valence-corrected chi connectivity index (χ2v) is 3.54. The standard InChI is InChI=1S/C11H6Cl2N2/c12-10-11(13)15-9(14-10)7-6-8-4-2-1-3-5-8/h1-5H,(H,14,15). The van der Waals surface area contributed by atoms with Crippen molar-refractivity contribution in [2.45, 2.75) is 0 Å². The molecule has 1 heterocycles. The van der Waals surface area contributed by atoms with Gasteiger partial charge in [-0.15, -0.1) is 0 Å². The van der Waals surface area contributed by atoms with Crippen molar-refractivity contribution < 1.29 is 0 Å². The summed E-state index contributed by atoms with van der Waals surface area (Å²) in [5, 5.41) is 0.558. The van der Waals surface area contributed by atoms with Gasteiger partial charge in [-0.25, -0.2) is 4.98 Å². The third kappa shape index (κ3) is 2.53. The van der Waals surface area contributed by atoms with Gasteiger partial charge >= 0.3 is 0 Å². The van der Waals surface area contributed by atoms with Gasteiger partial charge in [0.25, 0.3) is 0 Å². The van der Waals surface area contributed by atoms with E-state index in [0.717, 1.165) is 5.56 Å². The lowest BCUT2D eigenvalue weighted by molar-refractivity contribution is 1.25. The number of benzene rings is 1. The lowest BCUT2D eigenvalue weighted by atomic mass is 10.2. The molecule has 1 aromatic carbocycles. The Hall–Kier alpha value is -1.43.